The zero-order valence-electron chi connectivity index (χ0n) is 10.2. The fourth-order valence-electron chi connectivity index (χ4n) is 1.87. The van der Waals surface area contributed by atoms with Crippen LogP contribution in [0.1, 0.15) is 37.0 Å². The highest BCUT2D eigenvalue weighted by atomic mass is 35.5. The van der Waals surface area contributed by atoms with Gasteiger partial charge in [0, 0.05) is 25.0 Å². The smallest absolute Gasteiger partial charge is 0.257 e. The van der Waals surface area contributed by atoms with Crippen molar-refractivity contribution in [1.82, 2.24) is 9.88 Å². The Morgan fingerprint density at radius 2 is 2.29 bits per heavy atom. The summed E-state index contributed by atoms with van der Waals surface area (Å²) in [5, 5.41) is 0.486. The predicted octanol–water partition coefficient (Wildman–Crippen LogP) is 3.00. The molecule has 92 valence electrons. The third-order valence-electron chi connectivity index (χ3n) is 2.81. The predicted molar refractivity (Wildman–Crippen MR) is 68.1 cm³/mol. The SMILES string of the molecule is CC(C)CN(C(=O)c1cnccc1Cl)C1CC1. The zero-order chi connectivity index (χ0) is 12.4. The molecule has 0 N–H and O–H groups in total. The van der Waals surface area contributed by atoms with Crippen LogP contribution in [0.2, 0.25) is 5.02 Å². The molecule has 0 atom stereocenters. The second-order valence-electron chi connectivity index (χ2n) is 4.94. The number of carbonyl (C=O) groups excluding carboxylic acids is 1. The summed E-state index contributed by atoms with van der Waals surface area (Å²) in [5.41, 5.74) is 0.515. The summed E-state index contributed by atoms with van der Waals surface area (Å²) in [5.74, 6) is 0.481. The van der Waals surface area contributed by atoms with Gasteiger partial charge in [0.1, 0.15) is 0 Å². The van der Waals surface area contributed by atoms with Gasteiger partial charge in [-0.15, -0.1) is 0 Å². The first-order chi connectivity index (χ1) is 8.09. The molecule has 1 saturated carbocycles. The molecule has 3 nitrogen and oxygen atoms in total. The molecule has 0 bridgehead atoms. The van der Waals surface area contributed by atoms with Crippen molar-refractivity contribution in [2.75, 3.05) is 6.54 Å². The topological polar surface area (TPSA) is 33.2 Å². The van der Waals surface area contributed by atoms with Gasteiger partial charge in [0.2, 0.25) is 0 Å². The van der Waals surface area contributed by atoms with Gasteiger partial charge in [-0.1, -0.05) is 25.4 Å². The highest BCUT2D eigenvalue weighted by Gasteiger charge is 2.33. The van der Waals surface area contributed by atoms with Crippen LogP contribution in [0, 0.1) is 5.92 Å². The molecule has 1 aromatic heterocycles. The molecule has 1 amide bonds. The van der Waals surface area contributed by atoms with E-state index in [0.717, 1.165) is 19.4 Å². The molecule has 4 heteroatoms. The molecule has 0 aromatic carbocycles. The highest BCUT2D eigenvalue weighted by Crippen LogP contribution is 2.30. The second kappa shape index (κ2) is 5.05. The number of pyridine rings is 1. The van der Waals surface area contributed by atoms with E-state index in [2.05, 4.69) is 18.8 Å². The summed E-state index contributed by atoms with van der Waals surface area (Å²) in [4.78, 5) is 18.3. The fraction of sp³-hybridized carbons (Fsp3) is 0.538. The molecule has 0 saturated heterocycles. The third-order valence-corrected chi connectivity index (χ3v) is 3.14. The maximum absolute atomic E-state index is 12.4. The van der Waals surface area contributed by atoms with Gasteiger partial charge >= 0.3 is 0 Å². The summed E-state index contributed by atoms with van der Waals surface area (Å²) in [6, 6.07) is 2.07. The Bertz CT molecular complexity index is 416. The monoisotopic (exact) mass is 252 g/mol. The number of hydrogen-bond acceptors (Lipinski definition) is 2. The van der Waals surface area contributed by atoms with Crippen LogP contribution in [0.5, 0.6) is 0 Å². The molecular weight excluding hydrogens is 236 g/mol. The lowest BCUT2D eigenvalue weighted by Crippen LogP contribution is -2.36. The molecule has 0 aliphatic heterocycles. The van der Waals surface area contributed by atoms with Gasteiger partial charge in [-0.2, -0.15) is 0 Å². The van der Waals surface area contributed by atoms with Crippen molar-refractivity contribution in [2.24, 2.45) is 5.92 Å². The van der Waals surface area contributed by atoms with Crippen molar-refractivity contribution in [3.05, 3.63) is 29.0 Å². The Kier molecular flexibility index (Phi) is 3.67. The second-order valence-corrected chi connectivity index (χ2v) is 5.35. The molecule has 0 unspecified atom stereocenters. The summed E-state index contributed by atoms with van der Waals surface area (Å²) >= 11 is 6.04. The standard InChI is InChI=1S/C13H17ClN2O/c1-9(2)8-16(10-3-4-10)13(17)11-7-15-6-5-12(11)14/h5-7,9-10H,3-4,8H2,1-2H3. The van der Waals surface area contributed by atoms with E-state index in [4.69, 9.17) is 11.6 Å². The molecule has 0 radical (unpaired) electrons. The summed E-state index contributed by atoms with van der Waals surface area (Å²) in [7, 11) is 0. The van der Waals surface area contributed by atoms with Crippen molar-refractivity contribution in [3.8, 4) is 0 Å². The van der Waals surface area contributed by atoms with Gasteiger partial charge in [0.25, 0.3) is 5.91 Å². The van der Waals surface area contributed by atoms with Gasteiger partial charge in [0.05, 0.1) is 10.6 Å². The van der Waals surface area contributed by atoms with Crippen LogP contribution in [-0.4, -0.2) is 28.4 Å². The lowest BCUT2D eigenvalue weighted by atomic mass is 10.1. The van der Waals surface area contributed by atoms with Gasteiger partial charge in [0.15, 0.2) is 0 Å². The number of nitrogens with zero attached hydrogens (tertiary/aromatic N) is 2. The lowest BCUT2D eigenvalue weighted by Gasteiger charge is -2.24. The molecule has 0 spiro atoms. The summed E-state index contributed by atoms with van der Waals surface area (Å²) in [6.07, 6.45) is 5.37. The Labute approximate surface area is 107 Å². The average molecular weight is 253 g/mol. The minimum absolute atomic E-state index is 0.0132. The normalized spacial score (nSPS) is 15.1. The van der Waals surface area contributed by atoms with Crippen LogP contribution in [0.25, 0.3) is 0 Å². The maximum atomic E-state index is 12.4. The van der Waals surface area contributed by atoms with Crippen molar-refractivity contribution >= 4 is 17.5 Å². The van der Waals surface area contributed by atoms with Crippen LogP contribution >= 0.6 is 11.6 Å². The van der Waals surface area contributed by atoms with E-state index in [-0.39, 0.29) is 5.91 Å². The number of halogens is 1. The molecule has 1 aliphatic carbocycles. The lowest BCUT2D eigenvalue weighted by molar-refractivity contribution is 0.0722. The minimum Gasteiger partial charge on any atom is -0.335 e. The molecule has 1 aliphatic rings. The maximum Gasteiger partial charge on any atom is 0.257 e. The highest BCUT2D eigenvalue weighted by molar-refractivity contribution is 6.33. The third kappa shape index (κ3) is 2.97. The van der Waals surface area contributed by atoms with Crippen LogP contribution in [0.15, 0.2) is 18.5 Å². The number of rotatable bonds is 4. The molecule has 2 rings (SSSR count). The fourth-order valence-corrected chi connectivity index (χ4v) is 2.05. The van der Waals surface area contributed by atoms with E-state index < -0.39 is 0 Å². The minimum atomic E-state index is 0.0132. The zero-order valence-corrected chi connectivity index (χ0v) is 10.9. The first-order valence-electron chi connectivity index (χ1n) is 6.00. The number of amides is 1. The average Bonchev–Trinajstić information content (AvgIpc) is 3.09. The Morgan fingerprint density at radius 3 is 2.82 bits per heavy atom. The van der Waals surface area contributed by atoms with E-state index in [1.165, 1.54) is 0 Å². The molecule has 1 fully saturated rings. The molecular formula is C13H17ClN2O. The van der Waals surface area contributed by atoms with Crippen molar-refractivity contribution < 1.29 is 4.79 Å². The quantitative estimate of drug-likeness (QED) is 0.825. The van der Waals surface area contributed by atoms with Crippen molar-refractivity contribution in [1.29, 1.82) is 0 Å². The van der Waals surface area contributed by atoms with Crippen LogP contribution in [0.4, 0.5) is 0 Å². The van der Waals surface area contributed by atoms with E-state index in [1.807, 2.05) is 4.90 Å². The van der Waals surface area contributed by atoms with Crippen molar-refractivity contribution in [2.45, 2.75) is 32.7 Å². The first-order valence-corrected chi connectivity index (χ1v) is 6.38. The largest absolute Gasteiger partial charge is 0.335 e. The van der Waals surface area contributed by atoms with Gasteiger partial charge < -0.3 is 4.90 Å². The van der Waals surface area contributed by atoms with Gasteiger partial charge in [-0.3, -0.25) is 9.78 Å². The van der Waals surface area contributed by atoms with E-state index >= 15 is 0 Å². The van der Waals surface area contributed by atoms with Crippen LogP contribution in [-0.2, 0) is 0 Å². The van der Waals surface area contributed by atoms with Crippen LogP contribution < -0.4 is 0 Å². The number of aromatic nitrogens is 1. The first kappa shape index (κ1) is 12.4. The summed E-state index contributed by atoms with van der Waals surface area (Å²) in [6.45, 7) is 5.02. The molecule has 1 heterocycles. The number of carbonyl (C=O) groups is 1. The summed E-state index contributed by atoms with van der Waals surface area (Å²) < 4.78 is 0. The van der Waals surface area contributed by atoms with E-state index in [9.17, 15) is 4.79 Å². The Morgan fingerprint density at radius 1 is 1.59 bits per heavy atom. The van der Waals surface area contributed by atoms with E-state index in [1.54, 1.807) is 18.5 Å². The van der Waals surface area contributed by atoms with Gasteiger partial charge in [-0.05, 0) is 24.8 Å². The molecule has 17 heavy (non-hydrogen) atoms. The van der Waals surface area contributed by atoms with Crippen LogP contribution in [0.3, 0.4) is 0 Å². The van der Waals surface area contributed by atoms with Gasteiger partial charge in [-0.25, -0.2) is 0 Å². The van der Waals surface area contributed by atoms with Crippen molar-refractivity contribution in [3.63, 3.8) is 0 Å². The Balaban J connectivity index is 2.19. The number of hydrogen-bond donors (Lipinski definition) is 0. The molecule has 1 aromatic rings. The van der Waals surface area contributed by atoms with E-state index in [0.29, 0.717) is 22.5 Å². The Hall–Kier alpha value is -1.09.